The van der Waals surface area contributed by atoms with Crippen LogP contribution in [0, 0.1) is 0 Å². The molecule has 2 heterocycles. The van der Waals surface area contributed by atoms with Crippen LogP contribution in [0.2, 0.25) is 0 Å². The molecule has 1 saturated carbocycles. The lowest BCUT2D eigenvalue weighted by atomic mass is 9.93. The zero-order chi connectivity index (χ0) is 13.2. The molecule has 104 valence electrons. The number of thiophene rings is 1. The van der Waals surface area contributed by atoms with Gasteiger partial charge in [-0.25, -0.2) is 0 Å². The van der Waals surface area contributed by atoms with Gasteiger partial charge in [0, 0.05) is 11.3 Å². The van der Waals surface area contributed by atoms with E-state index in [1.54, 1.807) is 11.3 Å². The Kier molecular flexibility index (Phi) is 4.15. The quantitative estimate of drug-likeness (QED) is 0.931. The monoisotopic (exact) mass is 296 g/mol. The van der Waals surface area contributed by atoms with Gasteiger partial charge in [0.2, 0.25) is 5.91 Å². The summed E-state index contributed by atoms with van der Waals surface area (Å²) in [6.45, 7) is 0.484. The van der Waals surface area contributed by atoms with Crippen molar-refractivity contribution in [2.24, 2.45) is 0 Å². The van der Waals surface area contributed by atoms with Gasteiger partial charge >= 0.3 is 0 Å². The van der Waals surface area contributed by atoms with Crippen LogP contribution in [0.15, 0.2) is 16.8 Å². The highest BCUT2D eigenvalue weighted by molar-refractivity contribution is 7.99. The first-order valence-electron chi connectivity index (χ1n) is 6.90. The van der Waals surface area contributed by atoms with Crippen LogP contribution in [0.5, 0.6) is 0 Å². The third kappa shape index (κ3) is 2.56. The van der Waals surface area contributed by atoms with E-state index in [2.05, 4.69) is 33.3 Å². The van der Waals surface area contributed by atoms with E-state index in [0.29, 0.717) is 17.8 Å². The molecule has 1 aromatic heterocycles. The minimum atomic E-state index is 0.0940. The van der Waals surface area contributed by atoms with Crippen molar-refractivity contribution in [1.82, 2.24) is 10.2 Å². The van der Waals surface area contributed by atoms with Crippen molar-refractivity contribution in [1.29, 1.82) is 0 Å². The van der Waals surface area contributed by atoms with E-state index in [0.717, 1.165) is 6.42 Å². The summed E-state index contributed by atoms with van der Waals surface area (Å²) in [5.74, 6) is 0.266. The van der Waals surface area contributed by atoms with Crippen LogP contribution in [-0.2, 0) is 4.79 Å². The number of thioether (sulfide) groups is 1. The van der Waals surface area contributed by atoms with Gasteiger partial charge < -0.3 is 4.90 Å². The minimum absolute atomic E-state index is 0.0940. The van der Waals surface area contributed by atoms with Gasteiger partial charge in [0.05, 0.1) is 6.54 Å². The zero-order valence-electron chi connectivity index (χ0n) is 11.2. The van der Waals surface area contributed by atoms with Gasteiger partial charge in [-0.05, 0) is 41.5 Å². The molecule has 3 rings (SSSR count). The number of hydrogen-bond acceptors (Lipinski definition) is 4. The summed E-state index contributed by atoms with van der Waals surface area (Å²) in [5.41, 5.74) is 1.24. The molecule has 2 fully saturated rings. The summed E-state index contributed by atoms with van der Waals surface area (Å²) < 4.78 is 0. The molecule has 3 nitrogen and oxygen atoms in total. The van der Waals surface area contributed by atoms with Crippen molar-refractivity contribution in [3.63, 3.8) is 0 Å². The number of carbonyl (C=O) groups is 1. The van der Waals surface area contributed by atoms with Crippen LogP contribution in [0.1, 0.15) is 37.4 Å². The number of nitrogens with zero attached hydrogens (tertiary/aromatic N) is 1. The van der Waals surface area contributed by atoms with Crippen LogP contribution < -0.4 is 5.32 Å². The van der Waals surface area contributed by atoms with E-state index in [4.69, 9.17) is 0 Å². The van der Waals surface area contributed by atoms with Gasteiger partial charge in [-0.2, -0.15) is 23.1 Å². The first-order chi connectivity index (χ1) is 9.31. The number of rotatable bonds is 3. The highest BCUT2D eigenvalue weighted by Crippen LogP contribution is 2.36. The van der Waals surface area contributed by atoms with E-state index in [1.165, 1.54) is 24.8 Å². The molecule has 19 heavy (non-hydrogen) atoms. The van der Waals surface area contributed by atoms with Crippen LogP contribution in [0.25, 0.3) is 0 Å². The van der Waals surface area contributed by atoms with Gasteiger partial charge in [-0.1, -0.05) is 12.8 Å². The fraction of sp³-hybridized carbons (Fsp3) is 0.643. The third-order valence-electron chi connectivity index (χ3n) is 4.20. The van der Waals surface area contributed by atoms with Crippen LogP contribution in [0.3, 0.4) is 0 Å². The molecule has 5 heteroatoms. The summed E-state index contributed by atoms with van der Waals surface area (Å²) >= 11 is 3.62. The summed E-state index contributed by atoms with van der Waals surface area (Å²) in [7, 11) is 0. The first-order valence-corrected chi connectivity index (χ1v) is 9.14. The third-order valence-corrected chi connectivity index (χ3v) is 6.06. The Bertz CT molecular complexity index is 435. The molecule has 1 N–H and O–H groups in total. The Labute approximate surface area is 122 Å². The highest BCUT2D eigenvalue weighted by atomic mass is 32.2. The smallest absolute Gasteiger partial charge is 0.238 e. The average Bonchev–Trinajstić information content (AvgIpc) is 3.07. The van der Waals surface area contributed by atoms with Gasteiger partial charge in [-0.15, -0.1) is 0 Å². The maximum Gasteiger partial charge on any atom is 0.238 e. The Morgan fingerprint density at radius 2 is 2.26 bits per heavy atom. The highest BCUT2D eigenvalue weighted by Gasteiger charge is 2.40. The predicted molar refractivity (Wildman–Crippen MR) is 81.5 cm³/mol. The van der Waals surface area contributed by atoms with Crippen LogP contribution in [0.4, 0.5) is 0 Å². The van der Waals surface area contributed by atoms with Crippen molar-refractivity contribution in [2.45, 2.75) is 43.1 Å². The number of hydrogen-bond donors (Lipinski definition) is 1. The second kappa shape index (κ2) is 5.85. The average molecular weight is 296 g/mol. The van der Waals surface area contributed by atoms with Crippen molar-refractivity contribution < 1.29 is 4.79 Å². The van der Waals surface area contributed by atoms with E-state index in [1.807, 2.05) is 11.8 Å². The molecule has 1 amide bonds. The van der Waals surface area contributed by atoms with Crippen molar-refractivity contribution in [2.75, 3.05) is 12.8 Å². The normalized spacial score (nSPS) is 31.9. The predicted octanol–water partition coefficient (Wildman–Crippen LogP) is 2.85. The van der Waals surface area contributed by atoms with E-state index in [-0.39, 0.29) is 12.1 Å². The Hall–Kier alpha value is -0.520. The molecule has 1 aliphatic heterocycles. The van der Waals surface area contributed by atoms with Crippen molar-refractivity contribution in [3.05, 3.63) is 22.4 Å². The Morgan fingerprint density at radius 1 is 1.42 bits per heavy atom. The topological polar surface area (TPSA) is 32.3 Å². The molecular formula is C14H20N2OS2. The Morgan fingerprint density at radius 3 is 3.00 bits per heavy atom. The largest absolute Gasteiger partial charge is 0.318 e. The van der Waals surface area contributed by atoms with Crippen LogP contribution >= 0.6 is 23.1 Å². The minimum Gasteiger partial charge on any atom is -0.318 e. The summed E-state index contributed by atoms with van der Waals surface area (Å²) in [4.78, 5) is 14.4. The lowest BCUT2D eigenvalue weighted by molar-refractivity contribution is -0.130. The maximum absolute atomic E-state index is 12.3. The molecule has 0 aromatic carbocycles. The maximum atomic E-state index is 12.3. The molecular weight excluding hydrogens is 276 g/mol. The van der Waals surface area contributed by atoms with Gasteiger partial charge in [0.25, 0.3) is 0 Å². The first kappa shape index (κ1) is 13.5. The molecule has 3 unspecified atom stereocenters. The second-order valence-corrected chi connectivity index (χ2v) is 7.12. The van der Waals surface area contributed by atoms with Crippen molar-refractivity contribution >= 4 is 29.0 Å². The molecule has 1 aromatic rings. The molecule has 0 spiro atoms. The van der Waals surface area contributed by atoms with E-state index < -0.39 is 0 Å². The fourth-order valence-electron chi connectivity index (χ4n) is 3.27. The molecule has 3 atom stereocenters. The van der Waals surface area contributed by atoms with Gasteiger partial charge in [0.15, 0.2) is 0 Å². The Balaban J connectivity index is 1.85. The lowest BCUT2D eigenvalue weighted by Crippen LogP contribution is -2.46. The molecule has 0 bridgehead atoms. The molecule has 1 aliphatic carbocycles. The fourth-order valence-corrected chi connectivity index (χ4v) is 4.94. The molecule has 0 radical (unpaired) electrons. The van der Waals surface area contributed by atoms with Crippen molar-refractivity contribution in [3.8, 4) is 0 Å². The summed E-state index contributed by atoms with van der Waals surface area (Å²) in [6, 6.07) is 2.53. The lowest BCUT2D eigenvalue weighted by Gasteiger charge is -2.39. The number of nitrogens with one attached hydrogen (secondary N) is 1. The standard InChI is InChI=1S/C14H20N2OS2/c1-18-12-5-3-2-4-11(12)16-13(17)8-15-14(16)10-6-7-19-9-10/h6-7,9,11-12,14-15H,2-5,8H2,1H3. The van der Waals surface area contributed by atoms with Gasteiger partial charge in [-0.3, -0.25) is 10.1 Å². The number of carbonyl (C=O) groups excluding carboxylic acids is 1. The van der Waals surface area contributed by atoms with E-state index >= 15 is 0 Å². The van der Waals surface area contributed by atoms with E-state index in [9.17, 15) is 4.79 Å². The zero-order valence-corrected chi connectivity index (χ0v) is 12.8. The van der Waals surface area contributed by atoms with Gasteiger partial charge in [0.1, 0.15) is 6.17 Å². The summed E-state index contributed by atoms with van der Waals surface area (Å²) in [6.07, 6.45) is 7.22. The number of amides is 1. The second-order valence-electron chi connectivity index (χ2n) is 5.27. The SMILES string of the molecule is CSC1CCCCC1N1C(=O)CNC1c1ccsc1. The van der Waals surface area contributed by atoms with Crippen LogP contribution in [-0.4, -0.2) is 34.9 Å². The molecule has 2 aliphatic rings. The summed E-state index contributed by atoms with van der Waals surface area (Å²) in [5, 5.41) is 8.21. The molecule has 1 saturated heterocycles.